The van der Waals surface area contributed by atoms with Crippen LogP contribution in [0.5, 0.6) is 11.5 Å². The fraction of sp³-hybridized carbons (Fsp3) is 0.167. The van der Waals surface area contributed by atoms with E-state index in [2.05, 4.69) is 5.32 Å². The predicted octanol–water partition coefficient (Wildman–Crippen LogP) is 1.49. The molecule has 0 unspecified atom stereocenters. The number of anilines is 1. The molecule has 2 aromatic rings. The Kier molecular flexibility index (Phi) is 6.70. The summed E-state index contributed by atoms with van der Waals surface area (Å²) in [6.45, 7) is -0.873. The van der Waals surface area contributed by atoms with Crippen LogP contribution < -0.4 is 20.5 Å². The number of benzene rings is 2. The van der Waals surface area contributed by atoms with Gasteiger partial charge in [-0.2, -0.15) is 0 Å². The van der Waals surface area contributed by atoms with Crippen molar-refractivity contribution in [1.29, 1.82) is 0 Å². The highest BCUT2D eigenvalue weighted by Crippen LogP contribution is 2.28. The number of methoxy groups -OCH3 is 1. The normalized spacial score (nSPS) is 10.0. The summed E-state index contributed by atoms with van der Waals surface area (Å²) in [4.78, 5) is 34.4. The van der Waals surface area contributed by atoms with Crippen LogP contribution >= 0.6 is 0 Å². The summed E-state index contributed by atoms with van der Waals surface area (Å²) in [5.41, 5.74) is 5.45. The standard InChI is InChI=1S/C18H17FN2O6/c1-25-15-8-11(18(24)27-9-16(20)22)2-7-14(15)26-10-17(23)21-13-5-3-12(19)4-6-13/h2-8H,9-10H2,1H3,(H2,20,22)(H,21,23). The summed E-state index contributed by atoms with van der Waals surface area (Å²) in [7, 11) is 1.36. The molecule has 0 saturated carbocycles. The van der Waals surface area contributed by atoms with Gasteiger partial charge in [-0.15, -0.1) is 0 Å². The zero-order chi connectivity index (χ0) is 19.8. The van der Waals surface area contributed by atoms with E-state index >= 15 is 0 Å². The van der Waals surface area contributed by atoms with E-state index < -0.39 is 30.2 Å². The van der Waals surface area contributed by atoms with Crippen LogP contribution in [0.3, 0.4) is 0 Å². The minimum atomic E-state index is -0.776. The van der Waals surface area contributed by atoms with Crippen molar-refractivity contribution >= 4 is 23.5 Å². The molecule has 9 heteroatoms. The van der Waals surface area contributed by atoms with Crippen LogP contribution in [0.4, 0.5) is 10.1 Å². The Morgan fingerprint density at radius 3 is 2.37 bits per heavy atom. The Hall–Kier alpha value is -3.62. The van der Waals surface area contributed by atoms with Crippen molar-refractivity contribution in [2.45, 2.75) is 0 Å². The van der Waals surface area contributed by atoms with Gasteiger partial charge in [-0.3, -0.25) is 9.59 Å². The zero-order valence-electron chi connectivity index (χ0n) is 14.4. The first-order valence-electron chi connectivity index (χ1n) is 7.70. The summed E-state index contributed by atoms with van der Waals surface area (Å²) >= 11 is 0. The van der Waals surface area contributed by atoms with Crippen molar-refractivity contribution in [3.05, 3.63) is 53.8 Å². The number of nitrogens with two attached hydrogens (primary N) is 1. The molecule has 0 aliphatic heterocycles. The minimum Gasteiger partial charge on any atom is -0.493 e. The lowest BCUT2D eigenvalue weighted by Crippen LogP contribution is -2.21. The number of carbonyl (C=O) groups excluding carboxylic acids is 3. The molecule has 0 aromatic heterocycles. The van der Waals surface area contributed by atoms with E-state index in [1.165, 1.54) is 49.6 Å². The number of halogens is 1. The zero-order valence-corrected chi connectivity index (χ0v) is 14.4. The molecule has 0 fully saturated rings. The van der Waals surface area contributed by atoms with Crippen LogP contribution in [0.15, 0.2) is 42.5 Å². The van der Waals surface area contributed by atoms with Gasteiger partial charge in [0, 0.05) is 5.69 Å². The van der Waals surface area contributed by atoms with Gasteiger partial charge in [0.15, 0.2) is 24.7 Å². The summed E-state index contributed by atoms with van der Waals surface area (Å²) in [6.07, 6.45) is 0. The number of hydrogen-bond donors (Lipinski definition) is 2. The topological polar surface area (TPSA) is 117 Å². The molecule has 27 heavy (non-hydrogen) atoms. The van der Waals surface area contributed by atoms with E-state index in [-0.39, 0.29) is 23.7 Å². The lowest BCUT2D eigenvalue weighted by molar-refractivity contribution is -0.121. The van der Waals surface area contributed by atoms with E-state index in [0.717, 1.165) is 0 Å². The quantitative estimate of drug-likeness (QED) is 0.674. The van der Waals surface area contributed by atoms with Crippen LogP contribution in [0.25, 0.3) is 0 Å². The number of nitrogens with one attached hydrogen (secondary N) is 1. The molecule has 0 saturated heterocycles. The largest absolute Gasteiger partial charge is 0.493 e. The van der Waals surface area contributed by atoms with Gasteiger partial charge in [-0.1, -0.05) is 0 Å². The second kappa shape index (κ2) is 9.18. The molecule has 0 aliphatic rings. The number of esters is 1. The van der Waals surface area contributed by atoms with Crippen molar-refractivity contribution in [3.8, 4) is 11.5 Å². The molecule has 2 amide bonds. The Balaban J connectivity index is 1.97. The second-order valence-electron chi connectivity index (χ2n) is 5.25. The Bertz CT molecular complexity index is 838. The van der Waals surface area contributed by atoms with Crippen molar-refractivity contribution in [2.75, 3.05) is 25.6 Å². The maximum atomic E-state index is 12.8. The van der Waals surface area contributed by atoms with Crippen LogP contribution in [0.2, 0.25) is 0 Å². The summed E-state index contributed by atoms with van der Waals surface area (Å²) in [5, 5.41) is 2.54. The van der Waals surface area contributed by atoms with Gasteiger partial charge in [0.05, 0.1) is 12.7 Å². The third kappa shape index (κ3) is 5.99. The van der Waals surface area contributed by atoms with Gasteiger partial charge < -0.3 is 25.3 Å². The number of hydrogen-bond acceptors (Lipinski definition) is 6. The van der Waals surface area contributed by atoms with E-state index in [1.54, 1.807) is 0 Å². The molecule has 0 bridgehead atoms. The number of primary amides is 1. The van der Waals surface area contributed by atoms with Gasteiger partial charge in [0.25, 0.3) is 11.8 Å². The third-order valence-corrected chi connectivity index (χ3v) is 3.23. The molecule has 0 radical (unpaired) electrons. The number of amides is 2. The number of ether oxygens (including phenoxy) is 3. The lowest BCUT2D eigenvalue weighted by Gasteiger charge is -2.12. The molecule has 0 aliphatic carbocycles. The minimum absolute atomic E-state index is 0.121. The van der Waals surface area contributed by atoms with Crippen molar-refractivity contribution < 1.29 is 33.0 Å². The van der Waals surface area contributed by atoms with E-state index in [4.69, 9.17) is 19.9 Å². The monoisotopic (exact) mass is 376 g/mol. The van der Waals surface area contributed by atoms with Crippen molar-refractivity contribution in [1.82, 2.24) is 0 Å². The van der Waals surface area contributed by atoms with E-state index in [1.807, 2.05) is 0 Å². The first kappa shape index (κ1) is 19.7. The smallest absolute Gasteiger partial charge is 0.338 e. The molecule has 0 atom stereocenters. The maximum absolute atomic E-state index is 12.8. The fourth-order valence-corrected chi connectivity index (χ4v) is 2.01. The SMILES string of the molecule is COc1cc(C(=O)OCC(N)=O)ccc1OCC(=O)Nc1ccc(F)cc1. The first-order chi connectivity index (χ1) is 12.9. The highest BCUT2D eigenvalue weighted by Gasteiger charge is 2.14. The molecule has 142 valence electrons. The van der Waals surface area contributed by atoms with Gasteiger partial charge >= 0.3 is 5.97 Å². The van der Waals surface area contributed by atoms with Crippen LogP contribution in [0.1, 0.15) is 10.4 Å². The predicted molar refractivity (Wildman–Crippen MR) is 93.0 cm³/mol. The fourth-order valence-electron chi connectivity index (χ4n) is 2.01. The summed E-state index contributed by atoms with van der Waals surface area (Å²) in [5.74, 6) is -2.00. The average Bonchev–Trinajstić information content (AvgIpc) is 2.66. The van der Waals surface area contributed by atoms with E-state index in [9.17, 15) is 18.8 Å². The number of carbonyl (C=O) groups is 3. The molecule has 0 heterocycles. The van der Waals surface area contributed by atoms with Gasteiger partial charge in [0.1, 0.15) is 5.82 Å². The van der Waals surface area contributed by atoms with Gasteiger partial charge in [-0.25, -0.2) is 9.18 Å². The molecule has 8 nitrogen and oxygen atoms in total. The van der Waals surface area contributed by atoms with Gasteiger partial charge in [0.2, 0.25) is 0 Å². The summed E-state index contributed by atoms with van der Waals surface area (Å²) in [6, 6.07) is 9.42. The maximum Gasteiger partial charge on any atom is 0.338 e. The second-order valence-corrected chi connectivity index (χ2v) is 5.25. The lowest BCUT2D eigenvalue weighted by atomic mass is 10.2. The van der Waals surface area contributed by atoms with Crippen molar-refractivity contribution in [2.24, 2.45) is 5.73 Å². The highest BCUT2D eigenvalue weighted by molar-refractivity contribution is 5.92. The molecular weight excluding hydrogens is 359 g/mol. The van der Waals surface area contributed by atoms with Gasteiger partial charge in [-0.05, 0) is 42.5 Å². The van der Waals surface area contributed by atoms with Crippen LogP contribution in [-0.2, 0) is 14.3 Å². The summed E-state index contributed by atoms with van der Waals surface area (Å²) < 4.78 is 28.1. The molecule has 2 aromatic carbocycles. The van der Waals surface area contributed by atoms with Crippen LogP contribution in [-0.4, -0.2) is 38.1 Å². The number of rotatable bonds is 8. The molecular formula is C18H17FN2O6. The van der Waals surface area contributed by atoms with Crippen molar-refractivity contribution in [3.63, 3.8) is 0 Å². The Morgan fingerprint density at radius 2 is 1.74 bits per heavy atom. The Morgan fingerprint density at radius 1 is 1.04 bits per heavy atom. The van der Waals surface area contributed by atoms with E-state index in [0.29, 0.717) is 5.69 Å². The highest BCUT2D eigenvalue weighted by atomic mass is 19.1. The molecule has 2 rings (SSSR count). The third-order valence-electron chi connectivity index (χ3n) is 3.23. The van der Waals surface area contributed by atoms with Crippen LogP contribution in [0, 0.1) is 5.82 Å². The Labute approximate surface area is 154 Å². The first-order valence-corrected chi connectivity index (χ1v) is 7.70. The average molecular weight is 376 g/mol. The molecule has 0 spiro atoms. The molecule has 3 N–H and O–H groups in total.